The van der Waals surface area contributed by atoms with Crippen molar-refractivity contribution < 1.29 is 9.15 Å². The van der Waals surface area contributed by atoms with Crippen LogP contribution >= 0.6 is 0 Å². The van der Waals surface area contributed by atoms with Gasteiger partial charge in [0.15, 0.2) is 0 Å². The summed E-state index contributed by atoms with van der Waals surface area (Å²) < 4.78 is 14.5. The maximum absolute atomic E-state index is 7.67. The van der Waals surface area contributed by atoms with Gasteiger partial charge < -0.3 is 19.0 Å². The highest BCUT2D eigenvalue weighted by Gasteiger charge is 2.54. The van der Waals surface area contributed by atoms with Crippen molar-refractivity contribution in [1.82, 2.24) is 0 Å². The van der Waals surface area contributed by atoms with Gasteiger partial charge in [0.05, 0.1) is 29.3 Å². The molecule has 11 rings (SSSR count). The predicted molar refractivity (Wildman–Crippen MR) is 285 cm³/mol. The zero-order valence-electron chi connectivity index (χ0n) is 43.3. The number of ether oxygens (including phenoxy) is 1. The van der Waals surface area contributed by atoms with Crippen molar-refractivity contribution >= 4 is 40.2 Å². The van der Waals surface area contributed by atoms with Crippen molar-refractivity contribution in [2.45, 2.75) is 187 Å². The van der Waals surface area contributed by atoms with E-state index in [1.165, 1.54) is 104 Å². The molecule has 0 saturated carbocycles. The average Bonchev–Trinajstić information content (AvgIpc) is 3.80. The molecule has 1 aromatic heterocycles. The Labute approximate surface area is 403 Å². The summed E-state index contributed by atoms with van der Waals surface area (Å²) in [5.74, 6) is 2.10. The van der Waals surface area contributed by atoms with Crippen LogP contribution in [-0.4, -0.2) is 24.8 Å². The number of rotatable bonds is 4. The molecule has 5 heteroatoms. The Hall–Kier alpha value is -4.90. The SMILES string of the molecule is C=CC(C1C(=C)Oc2c1cccc2C(C)(C)C)N1C2=C3B(c4cc5c(cc41)C(C)CCC5(C)C)c1oc4cc5c(cc4c1N(C1C=CC(C(C)(C)C)=CC1)C3CC(C)=C2)C(C)(C)CCC5(C)C. The molecule has 4 aliphatic carbocycles. The first-order valence-corrected chi connectivity index (χ1v) is 25.7. The Balaban J connectivity index is 1.22. The molecule has 7 aliphatic rings. The summed E-state index contributed by atoms with van der Waals surface area (Å²) in [6.45, 7) is 42.8. The van der Waals surface area contributed by atoms with E-state index in [2.05, 4.69) is 180 Å². The molecule has 4 nitrogen and oxygen atoms in total. The Morgan fingerprint density at radius 2 is 1.57 bits per heavy atom. The minimum absolute atomic E-state index is 0.0458. The van der Waals surface area contributed by atoms with Gasteiger partial charge in [0, 0.05) is 33.9 Å². The number of furan rings is 1. The van der Waals surface area contributed by atoms with Gasteiger partial charge in [-0.2, -0.15) is 0 Å². The van der Waals surface area contributed by atoms with Crippen LogP contribution in [0.1, 0.15) is 181 Å². The van der Waals surface area contributed by atoms with Gasteiger partial charge in [-0.3, -0.25) is 0 Å². The number of benzene rings is 3. The topological polar surface area (TPSA) is 28.9 Å². The Kier molecular flexibility index (Phi) is 9.70. The Morgan fingerprint density at radius 3 is 2.22 bits per heavy atom. The van der Waals surface area contributed by atoms with E-state index in [1.807, 2.05) is 0 Å². The molecule has 0 amide bonds. The van der Waals surface area contributed by atoms with Crippen molar-refractivity contribution in [3.8, 4) is 5.75 Å². The van der Waals surface area contributed by atoms with Gasteiger partial charge >= 0.3 is 0 Å². The van der Waals surface area contributed by atoms with E-state index in [0.717, 1.165) is 35.6 Å². The van der Waals surface area contributed by atoms with E-state index in [4.69, 9.17) is 22.3 Å². The molecule has 0 radical (unpaired) electrons. The molecule has 348 valence electrons. The van der Waals surface area contributed by atoms with Crippen molar-refractivity contribution in [1.29, 1.82) is 0 Å². The van der Waals surface area contributed by atoms with Gasteiger partial charge in [-0.05, 0) is 141 Å². The molecule has 0 N–H and O–H groups in total. The van der Waals surface area contributed by atoms with Crippen LogP contribution in [0.4, 0.5) is 11.4 Å². The summed E-state index contributed by atoms with van der Waals surface area (Å²) in [6.07, 6.45) is 18.8. The molecule has 0 bridgehead atoms. The smallest absolute Gasteiger partial charge is 0.292 e. The fourth-order valence-corrected chi connectivity index (χ4v) is 13.8. The first-order valence-electron chi connectivity index (χ1n) is 25.7. The number of para-hydroxylation sites is 1. The van der Waals surface area contributed by atoms with Crippen molar-refractivity contribution in [3.05, 3.63) is 147 Å². The zero-order valence-corrected chi connectivity index (χ0v) is 43.3. The molecule has 4 heterocycles. The molecule has 0 spiro atoms. The predicted octanol–water partition coefficient (Wildman–Crippen LogP) is 14.6. The highest BCUT2D eigenvalue weighted by atomic mass is 16.5. The van der Waals surface area contributed by atoms with E-state index in [9.17, 15) is 0 Å². The van der Waals surface area contributed by atoms with E-state index in [1.54, 1.807) is 0 Å². The quantitative estimate of drug-likeness (QED) is 0.151. The van der Waals surface area contributed by atoms with E-state index >= 15 is 0 Å². The molecule has 0 fully saturated rings. The molecule has 3 aromatic carbocycles. The average molecular weight is 891 g/mol. The molecule has 3 aliphatic heterocycles. The van der Waals surface area contributed by atoms with Crippen LogP contribution < -0.4 is 25.7 Å². The van der Waals surface area contributed by atoms with Crippen LogP contribution in [0.3, 0.4) is 0 Å². The van der Waals surface area contributed by atoms with E-state index in [0.29, 0.717) is 5.92 Å². The van der Waals surface area contributed by atoms with Gasteiger partial charge in [-0.1, -0.05) is 151 Å². The Morgan fingerprint density at radius 1 is 0.866 bits per heavy atom. The maximum Gasteiger partial charge on any atom is 0.292 e. The lowest BCUT2D eigenvalue weighted by molar-refractivity contribution is 0.332. The van der Waals surface area contributed by atoms with Crippen LogP contribution in [0.5, 0.6) is 5.75 Å². The third-order valence-corrected chi connectivity index (χ3v) is 17.8. The summed E-state index contributed by atoms with van der Waals surface area (Å²) in [6, 6.07) is 17.2. The lowest BCUT2D eigenvalue weighted by atomic mass is 9.32. The summed E-state index contributed by atoms with van der Waals surface area (Å²) >= 11 is 0. The third kappa shape index (κ3) is 6.58. The third-order valence-electron chi connectivity index (χ3n) is 17.8. The number of allylic oxidation sites excluding steroid dienone is 3. The molecule has 4 aromatic rings. The van der Waals surface area contributed by atoms with Gasteiger partial charge in [0.1, 0.15) is 17.1 Å². The first kappa shape index (κ1) is 44.6. The van der Waals surface area contributed by atoms with Crippen molar-refractivity contribution in [3.63, 3.8) is 0 Å². The van der Waals surface area contributed by atoms with Gasteiger partial charge in [0.25, 0.3) is 6.71 Å². The number of fused-ring (bicyclic) bond motifs is 9. The van der Waals surface area contributed by atoms with Crippen molar-refractivity contribution in [2.75, 3.05) is 9.80 Å². The largest absolute Gasteiger partial charge is 0.468 e. The second kappa shape index (κ2) is 14.6. The maximum atomic E-state index is 7.67. The zero-order chi connectivity index (χ0) is 47.7. The van der Waals surface area contributed by atoms with E-state index in [-0.39, 0.29) is 57.8 Å². The first-order chi connectivity index (χ1) is 31.4. The summed E-state index contributed by atoms with van der Waals surface area (Å²) in [7, 11) is 0. The van der Waals surface area contributed by atoms with Crippen molar-refractivity contribution in [2.24, 2.45) is 5.41 Å². The number of hydrogen-bond acceptors (Lipinski definition) is 4. The molecular formula is C62H75BN2O2. The van der Waals surface area contributed by atoms with Gasteiger partial charge in [0.2, 0.25) is 0 Å². The lowest BCUT2D eigenvalue weighted by Gasteiger charge is -2.53. The van der Waals surface area contributed by atoms with Gasteiger partial charge in [-0.25, -0.2) is 0 Å². The highest BCUT2D eigenvalue weighted by molar-refractivity contribution is 6.93. The molecule has 0 saturated heterocycles. The minimum Gasteiger partial charge on any atom is -0.468 e. The second-order valence-electron chi connectivity index (χ2n) is 25.9. The number of nitrogens with zero attached hydrogens (tertiary/aromatic N) is 2. The number of hydrogen-bond donors (Lipinski definition) is 0. The molecule has 5 atom stereocenters. The van der Waals surface area contributed by atoms with Crippen LogP contribution in [0.25, 0.3) is 11.0 Å². The van der Waals surface area contributed by atoms with E-state index < -0.39 is 0 Å². The Bertz CT molecular complexity index is 2950. The lowest BCUT2D eigenvalue weighted by Crippen LogP contribution is -2.64. The normalized spacial score (nSPS) is 25.9. The molecule has 67 heavy (non-hydrogen) atoms. The fourth-order valence-electron chi connectivity index (χ4n) is 13.8. The standard InChI is InChI=1S/C62H75BN2O2/c1-17-48(53-37(4)66-56-40(53)19-18-20-43(56)59(8,9)10)65-49-32-41-36(3)25-26-60(11,12)44(41)33-47(49)63-54-50(29-35(2)30-51(54)65)64(39-23-21-38(22-24-39)58(5,6)7)55-42-31-45-46(34-52(42)67-57(55)63)62(15,16)28-27-61(45,13)14/h17-23,30-34,36,39,48,50,53H,1,4,24-29H2,2-3,5-16H3. The summed E-state index contributed by atoms with van der Waals surface area (Å²) in [5, 5.41) is 1.27. The van der Waals surface area contributed by atoms with Crippen LogP contribution in [-0.2, 0) is 21.7 Å². The van der Waals surface area contributed by atoms with Crippen LogP contribution in [0.2, 0.25) is 0 Å². The summed E-state index contributed by atoms with van der Waals surface area (Å²) in [4.78, 5) is 5.53. The van der Waals surface area contributed by atoms with Crippen LogP contribution in [0, 0.1) is 5.41 Å². The van der Waals surface area contributed by atoms with Crippen LogP contribution in [0.15, 0.2) is 118 Å². The minimum atomic E-state index is -0.160. The monoisotopic (exact) mass is 891 g/mol. The fraction of sp³-hybridized carbons (Fsp3) is 0.484. The second-order valence-corrected chi connectivity index (χ2v) is 25.9. The molecule has 5 unspecified atom stereocenters. The number of anilines is 2. The molecular weight excluding hydrogens is 816 g/mol. The van der Waals surface area contributed by atoms with Gasteiger partial charge in [-0.15, -0.1) is 6.58 Å². The summed E-state index contributed by atoms with van der Waals surface area (Å²) in [5.41, 5.74) is 20.1. The highest BCUT2D eigenvalue weighted by Crippen LogP contribution is 2.55.